The van der Waals surface area contributed by atoms with Crippen molar-refractivity contribution in [3.05, 3.63) is 63.4 Å². The topological polar surface area (TPSA) is 57.3 Å². The number of thiophene rings is 1. The van der Waals surface area contributed by atoms with E-state index < -0.39 is 0 Å². The van der Waals surface area contributed by atoms with Crippen molar-refractivity contribution in [1.29, 1.82) is 0 Å². The van der Waals surface area contributed by atoms with Gasteiger partial charge < -0.3 is 4.90 Å². The summed E-state index contributed by atoms with van der Waals surface area (Å²) in [6.07, 6.45) is 3.41. The van der Waals surface area contributed by atoms with Crippen LogP contribution in [0.4, 0.5) is 0 Å². The maximum atomic E-state index is 12.6. The van der Waals surface area contributed by atoms with Crippen molar-refractivity contribution in [2.45, 2.75) is 37.8 Å². The van der Waals surface area contributed by atoms with Crippen molar-refractivity contribution >= 4 is 40.2 Å². The van der Waals surface area contributed by atoms with Gasteiger partial charge in [0.05, 0.1) is 21.3 Å². The number of nitrogens with zero attached hydrogens (tertiary/aromatic N) is 2. The molecule has 2 unspecified atom stereocenters. The number of aromatic nitrogens is 1. The first kappa shape index (κ1) is 21.5. The van der Waals surface area contributed by atoms with Gasteiger partial charge in [-0.3, -0.25) is 15.6 Å². The van der Waals surface area contributed by atoms with Gasteiger partial charge in [-0.05, 0) is 37.0 Å². The predicted molar refractivity (Wildman–Crippen MR) is 125 cm³/mol. The van der Waals surface area contributed by atoms with Crippen LogP contribution in [0.3, 0.4) is 0 Å². The van der Waals surface area contributed by atoms with Gasteiger partial charge in [-0.15, -0.1) is 22.7 Å². The van der Waals surface area contributed by atoms with Crippen LogP contribution >= 0.6 is 34.3 Å². The van der Waals surface area contributed by atoms with Crippen LogP contribution in [0, 0.1) is 0 Å². The molecule has 2 N–H and O–H groups in total. The van der Waals surface area contributed by atoms with E-state index in [1.54, 1.807) is 11.3 Å². The third kappa shape index (κ3) is 5.47. The fraction of sp³-hybridized carbons (Fsp3) is 0.364. The molecule has 1 aliphatic heterocycles. The molecule has 0 bridgehead atoms. The van der Waals surface area contributed by atoms with Crippen LogP contribution in [0.2, 0.25) is 4.34 Å². The molecular weight excluding hydrogens is 436 g/mol. The minimum Gasteiger partial charge on any atom is -0.345 e. The van der Waals surface area contributed by atoms with Gasteiger partial charge in [0.2, 0.25) is 5.91 Å². The molecule has 1 saturated heterocycles. The third-order valence-electron chi connectivity index (χ3n) is 5.32. The summed E-state index contributed by atoms with van der Waals surface area (Å²) in [6.45, 7) is 0.755. The van der Waals surface area contributed by atoms with E-state index in [0.717, 1.165) is 45.7 Å². The Labute approximate surface area is 190 Å². The first-order valence-corrected chi connectivity index (χ1v) is 12.2. The standard InChI is InChI=1S/C22H25ClN4OS2/c1-27(11-5-8-16-12-18(26-25-16)15-6-3-2-4-7-15)21(28)13-17-14-29-22(24-17)19-9-10-20(23)30-19/h2-4,6-7,9-10,14,16,18,25-26H,5,8,11-13H2,1H3. The molecule has 1 fully saturated rings. The summed E-state index contributed by atoms with van der Waals surface area (Å²) in [7, 11) is 1.88. The van der Waals surface area contributed by atoms with Crippen LogP contribution in [0.5, 0.6) is 0 Å². The van der Waals surface area contributed by atoms with E-state index in [1.165, 1.54) is 16.9 Å². The van der Waals surface area contributed by atoms with E-state index in [4.69, 9.17) is 11.6 Å². The first-order valence-electron chi connectivity index (χ1n) is 10.1. The highest BCUT2D eigenvalue weighted by molar-refractivity contribution is 7.23. The maximum Gasteiger partial charge on any atom is 0.228 e. The number of carbonyl (C=O) groups is 1. The normalized spacial score (nSPS) is 18.6. The summed E-state index contributed by atoms with van der Waals surface area (Å²) in [4.78, 5) is 20.0. The zero-order valence-corrected chi connectivity index (χ0v) is 19.2. The van der Waals surface area contributed by atoms with Gasteiger partial charge in [0.15, 0.2) is 0 Å². The molecule has 1 aliphatic rings. The number of hydrogen-bond acceptors (Lipinski definition) is 6. The number of hydrazine groups is 1. The second-order valence-corrected chi connectivity index (χ2v) is 10.1. The summed E-state index contributed by atoms with van der Waals surface area (Å²) in [5, 5.41) is 2.89. The van der Waals surface area contributed by atoms with Gasteiger partial charge in [0.1, 0.15) is 5.01 Å². The Balaban J connectivity index is 1.20. The Bertz CT molecular complexity index is 974. The van der Waals surface area contributed by atoms with E-state index in [2.05, 4.69) is 40.1 Å². The number of nitrogens with one attached hydrogen (secondary N) is 2. The molecule has 0 spiro atoms. The van der Waals surface area contributed by atoms with E-state index in [0.29, 0.717) is 18.5 Å². The van der Waals surface area contributed by atoms with Crippen LogP contribution in [0.1, 0.15) is 36.6 Å². The minimum atomic E-state index is 0.107. The lowest BCUT2D eigenvalue weighted by Crippen LogP contribution is -2.33. The third-order valence-corrected chi connectivity index (χ3v) is 7.62. The maximum absolute atomic E-state index is 12.6. The quantitative estimate of drug-likeness (QED) is 0.501. The Kier molecular flexibility index (Phi) is 7.17. The summed E-state index contributed by atoms with van der Waals surface area (Å²) >= 11 is 9.07. The van der Waals surface area contributed by atoms with Crippen molar-refractivity contribution in [1.82, 2.24) is 20.7 Å². The average Bonchev–Trinajstić information content (AvgIpc) is 3.50. The van der Waals surface area contributed by atoms with Gasteiger partial charge in [-0.1, -0.05) is 41.9 Å². The number of hydrogen-bond donors (Lipinski definition) is 2. The summed E-state index contributed by atoms with van der Waals surface area (Å²) in [5.74, 6) is 0.107. The smallest absolute Gasteiger partial charge is 0.228 e. The predicted octanol–water partition coefficient (Wildman–Crippen LogP) is 4.91. The molecule has 158 valence electrons. The number of carbonyl (C=O) groups excluding carboxylic acids is 1. The second-order valence-electron chi connectivity index (χ2n) is 7.57. The Morgan fingerprint density at radius 2 is 2.07 bits per heavy atom. The Morgan fingerprint density at radius 3 is 2.83 bits per heavy atom. The lowest BCUT2D eigenvalue weighted by molar-refractivity contribution is -0.129. The molecule has 2 aromatic heterocycles. The molecule has 4 rings (SSSR count). The molecule has 0 radical (unpaired) electrons. The fourth-order valence-electron chi connectivity index (χ4n) is 3.64. The molecule has 3 aromatic rings. The van der Waals surface area contributed by atoms with Gasteiger partial charge in [-0.2, -0.15) is 0 Å². The highest BCUT2D eigenvalue weighted by Crippen LogP contribution is 2.33. The van der Waals surface area contributed by atoms with Crippen molar-refractivity contribution in [3.8, 4) is 9.88 Å². The molecule has 30 heavy (non-hydrogen) atoms. The lowest BCUT2D eigenvalue weighted by Gasteiger charge is -2.18. The van der Waals surface area contributed by atoms with Gasteiger partial charge in [0.25, 0.3) is 0 Å². The average molecular weight is 461 g/mol. The van der Waals surface area contributed by atoms with E-state index in [-0.39, 0.29) is 5.91 Å². The number of amides is 1. The molecule has 1 amide bonds. The van der Waals surface area contributed by atoms with Crippen LogP contribution in [-0.4, -0.2) is 35.4 Å². The monoisotopic (exact) mass is 460 g/mol. The molecule has 8 heteroatoms. The van der Waals surface area contributed by atoms with E-state index in [1.807, 2.05) is 35.5 Å². The Hall–Kier alpha value is -1.77. The number of thiazole rings is 1. The second kappa shape index (κ2) is 10.0. The molecule has 0 saturated carbocycles. The molecule has 3 heterocycles. The largest absolute Gasteiger partial charge is 0.345 e. The summed E-state index contributed by atoms with van der Waals surface area (Å²) < 4.78 is 0.750. The van der Waals surface area contributed by atoms with Crippen LogP contribution in [0.15, 0.2) is 47.8 Å². The van der Waals surface area contributed by atoms with Crippen LogP contribution < -0.4 is 10.9 Å². The molecule has 1 aromatic carbocycles. The van der Waals surface area contributed by atoms with Crippen molar-refractivity contribution in [2.24, 2.45) is 0 Å². The fourth-order valence-corrected chi connectivity index (χ4v) is 5.57. The zero-order chi connectivity index (χ0) is 20.9. The molecule has 0 aliphatic carbocycles. The van der Waals surface area contributed by atoms with Crippen LogP contribution in [-0.2, 0) is 11.2 Å². The number of halogens is 1. The first-order chi connectivity index (χ1) is 14.6. The molecule has 5 nitrogen and oxygen atoms in total. The summed E-state index contributed by atoms with van der Waals surface area (Å²) in [5.41, 5.74) is 8.92. The zero-order valence-electron chi connectivity index (χ0n) is 16.8. The lowest BCUT2D eigenvalue weighted by atomic mass is 10.00. The SMILES string of the molecule is CN(CCCC1CC(c2ccccc2)NN1)C(=O)Cc1csc(-c2ccc(Cl)s2)n1. The van der Waals surface area contributed by atoms with Gasteiger partial charge in [-0.25, -0.2) is 4.98 Å². The van der Waals surface area contributed by atoms with Crippen molar-refractivity contribution in [3.63, 3.8) is 0 Å². The van der Waals surface area contributed by atoms with Gasteiger partial charge in [0, 0.05) is 31.1 Å². The number of likely N-dealkylation sites (N-methyl/N-ethyl adjacent to an activating group) is 1. The van der Waals surface area contributed by atoms with E-state index >= 15 is 0 Å². The number of benzene rings is 1. The van der Waals surface area contributed by atoms with Crippen LogP contribution in [0.25, 0.3) is 9.88 Å². The summed E-state index contributed by atoms with van der Waals surface area (Å²) in [6, 6.07) is 15.1. The molecule has 2 atom stereocenters. The highest BCUT2D eigenvalue weighted by Gasteiger charge is 2.24. The number of rotatable bonds is 8. The Morgan fingerprint density at radius 1 is 1.23 bits per heavy atom. The van der Waals surface area contributed by atoms with Gasteiger partial charge >= 0.3 is 0 Å². The van der Waals surface area contributed by atoms with Crippen molar-refractivity contribution < 1.29 is 4.79 Å². The molecular formula is C22H25ClN4OS2. The minimum absolute atomic E-state index is 0.107. The van der Waals surface area contributed by atoms with Crippen molar-refractivity contribution in [2.75, 3.05) is 13.6 Å². The van der Waals surface area contributed by atoms with E-state index in [9.17, 15) is 4.79 Å². The highest BCUT2D eigenvalue weighted by atomic mass is 35.5.